The summed E-state index contributed by atoms with van der Waals surface area (Å²) in [5.74, 6) is 5.38. The van der Waals surface area contributed by atoms with Gasteiger partial charge in [0.15, 0.2) is 0 Å². The molecule has 0 radical (unpaired) electrons. The standard InChI is InChI=1S/C18H27BrO2/c19-17-15-13-11-9-7-5-3-1-2-4-6-8-10-12-14-16-18(20)21/h8,10,15,17H,1-7,9,12,14,16H2,(H,20,21). The molecule has 0 aromatic carbocycles. The SMILES string of the molecule is O=C(O)CCCC=CCCCCCCCCC#CC=CBr. The fourth-order valence-corrected chi connectivity index (χ4v) is 2.08. The van der Waals surface area contributed by atoms with Gasteiger partial charge in [-0.05, 0) is 43.2 Å². The van der Waals surface area contributed by atoms with Gasteiger partial charge in [-0.2, -0.15) is 0 Å². The second-order valence-electron chi connectivity index (χ2n) is 5.03. The topological polar surface area (TPSA) is 37.3 Å². The van der Waals surface area contributed by atoms with E-state index in [0.717, 1.165) is 25.7 Å². The molecule has 0 aromatic rings. The highest BCUT2D eigenvalue weighted by atomic mass is 79.9. The van der Waals surface area contributed by atoms with Crippen molar-refractivity contribution in [3.63, 3.8) is 0 Å². The number of unbranched alkanes of at least 4 members (excludes halogenated alkanes) is 8. The Kier molecular flexibility index (Phi) is 16.2. The monoisotopic (exact) mass is 354 g/mol. The number of hydrogen-bond donors (Lipinski definition) is 1. The van der Waals surface area contributed by atoms with E-state index in [-0.39, 0.29) is 6.42 Å². The van der Waals surface area contributed by atoms with Crippen LogP contribution in [0.25, 0.3) is 0 Å². The molecule has 1 N–H and O–H groups in total. The van der Waals surface area contributed by atoms with Gasteiger partial charge in [-0.3, -0.25) is 4.79 Å². The Bertz CT molecular complexity index is 361. The minimum atomic E-state index is -0.700. The molecule has 0 spiro atoms. The molecular formula is C18H27BrO2. The lowest BCUT2D eigenvalue weighted by Crippen LogP contribution is -1.92. The highest BCUT2D eigenvalue weighted by molar-refractivity contribution is 9.11. The van der Waals surface area contributed by atoms with Gasteiger partial charge in [0.2, 0.25) is 0 Å². The van der Waals surface area contributed by atoms with Crippen LogP contribution in [0.15, 0.2) is 23.2 Å². The maximum Gasteiger partial charge on any atom is 0.303 e. The minimum Gasteiger partial charge on any atom is -0.481 e. The van der Waals surface area contributed by atoms with Crippen LogP contribution in [0.1, 0.15) is 70.6 Å². The summed E-state index contributed by atoms with van der Waals surface area (Å²) in [6, 6.07) is 0. The predicted molar refractivity (Wildman–Crippen MR) is 93.4 cm³/mol. The van der Waals surface area contributed by atoms with Crippen molar-refractivity contribution < 1.29 is 9.90 Å². The van der Waals surface area contributed by atoms with E-state index in [1.165, 1.54) is 38.5 Å². The maximum absolute atomic E-state index is 10.3. The first-order valence-electron chi connectivity index (χ1n) is 7.87. The summed E-state index contributed by atoms with van der Waals surface area (Å²) in [5.41, 5.74) is 0. The molecule has 0 aliphatic carbocycles. The lowest BCUT2D eigenvalue weighted by molar-refractivity contribution is -0.137. The highest BCUT2D eigenvalue weighted by Gasteiger charge is 1.93. The van der Waals surface area contributed by atoms with E-state index in [1.807, 2.05) is 6.08 Å². The van der Waals surface area contributed by atoms with E-state index in [1.54, 1.807) is 4.99 Å². The number of carboxylic acids is 1. The smallest absolute Gasteiger partial charge is 0.303 e. The normalized spacial score (nSPS) is 10.9. The lowest BCUT2D eigenvalue weighted by Gasteiger charge is -1.98. The molecule has 0 bridgehead atoms. The number of halogens is 1. The summed E-state index contributed by atoms with van der Waals surface area (Å²) in [6.07, 6.45) is 17.8. The fraction of sp³-hybridized carbons (Fsp3) is 0.611. The van der Waals surface area contributed by atoms with Crippen LogP contribution in [-0.2, 0) is 4.79 Å². The van der Waals surface area contributed by atoms with E-state index in [4.69, 9.17) is 5.11 Å². The van der Waals surface area contributed by atoms with Crippen LogP contribution in [-0.4, -0.2) is 11.1 Å². The van der Waals surface area contributed by atoms with Gasteiger partial charge >= 0.3 is 5.97 Å². The van der Waals surface area contributed by atoms with Gasteiger partial charge in [0, 0.05) is 12.8 Å². The van der Waals surface area contributed by atoms with Crippen LogP contribution in [0.2, 0.25) is 0 Å². The third kappa shape index (κ3) is 19.0. The number of hydrogen-bond acceptors (Lipinski definition) is 1. The van der Waals surface area contributed by atoms with Crippen molar-refractivity contribution in [2.75, 3.05) is 0 Å². The van der Waals surface area contributed by atoms with Gasteiger partial charge in [0.25, 0.3) is 0 Å². The van der Waals surface area contributed by atoms with Crippen molar-refractivity contribution in [3.05, 3.63) is 23.2 Å². The average molecular weight is 355 g/mol. The van der Waals surface area contributed by atoms with Gasteiger partial charge in [-0.25, -0.2) is 0 Å². The third-order valence-electron chi connectivity index (χ3n) is 3.10. The van der Waals surface area contributed by atoms with Gasteiger partial charge in [-0.15, -0.1) is 0 Å². The summed E-state index contributed by atoms with van der Waals surface area (Å²) in [5, 5.41) is 8.49. The van der Waals surface area contributed by atoms with Crippen molar-refractivity contribution in [3.8, 4) is 11.8 Å². The minimum absolute atomic E-state index is 0.279. The fourth-order valence-electron chi connectivity index (χ4n) is 1.95. The molecule has 0 aromatic heterocycles. The van der Waals surface area contributed by atoms with E-state index in [9.17, 15) is 4.79 Å². The molecule has 21 heavy (non-hydrogen) atoms. The molecule has 2 nitrogen and oxygen atoms in total. The first-order valence-corrected chi connectivity index (χ1v) is 8.79. The molecule has 0 saturated carbocycles. The molecule has 0 saturated heterocycles. The Hall–Kier alpha value is -1.01. The molecule has 0 heterocycles. The lowest BCUT2D eigenvalue weighted by atomic mass is 10.1. The van der Waals surface area contributed by atoms with Crippen LogP contribution in [0.5, 0.6) is 0 Å². The number of allylic oxidation sites excluding steroid dienone is 3. The van der Waals surface area contributed by atoms with Crippen LogP contribution >= 0.6 is 15.9 Å². The highest BCUT2D eigenvalue weighted by Crippen LogP contribution is 2.09. The van der Waals surface area contributed by atoms with Crippen molar-refractivity contribution in [1.29, 1.82) is 0 Å². The second-order valence-corrected chi connectivity index (χ2v) is 5.56. The van der Waals surface area contributed by atoms with Crippen molar-refractivity contribution in [2.24, 2.45) is 0 Å². The summed E-state index contributed by atoms with van der Waals surface area (Å²) < 4.78 is 0. The quantitative estimate of drug-likeness (QED) is 0.272. The number of carboxylic acid groups (broad SMARTS) is 1. The molecule has 3 heteroatoms. The maximum atomic E-state index is 10.3. The zero-order chi connectivity index (χ0) is 15.6. The third-order valence-corrected chi connectivity index (χ3v) is 3.36. The Labute approximate surface area is 137 Å². The first-order chi connectivity index (χ1) is 10.3. The second kappa shape index (κ2) is 17.0. The summed E-state index contributed by atoms with van der Waals surface area (Å²) >= 11 is 3.19. The molecule has 0 atom stereocenters. The predicted octanol–water partition coefficient (Wildman–Crippen LogP) is 5.83. The van der Waals surface area contributed by atoms with E-state index in [2.05, 4.69) is 39.9 Å². The molecule has 0 aliphatic rings. The molecule has 118 valence electrons. The van der Waals surface area contributed by atoms with Gasteiger partial charge in [0.1, 0.15) is 0 Å². The average Bonchev–Trinajstić information content (AvgIpc) is 2.46. The van der Waals surface area contributed by atoms with Gasteiger partial charge in [-0.1, -0.05) is 65.6 Å². The molecule has 0 rings (SSSR count). The van der Waals surface area contributed by atoms with E-state index >= 15 is 0 Å². The van der Waals surface area contributed by atoms with Crippen LogP contribution in [0, 0.1) is 11.8 Å². The summed E-state index contributed by atoms with van der Waals surface area (Å²) in [6.45, 7) is 0. The van der Waals surface area contributed by atoms with Crippen molar-refractivity contribution in [2.45, 2.75) is 70.6 Å². The van der Waals surface area contributed by atoms with E-state index in [0.29, 0.717) is 0 Å². The largest absolute Gasteiger partial charge is 0.481 e. The van der Waals surface area contributed by atoms with Crippen molar-refractivity contribution >= 4 is 21.9 Å². The number of aliphatic carboxylic acids is 1. The Morgan fingerprint density at radius 2 is 1.57 bits per heavy atom. The molecule has 0 fully saturated rings. The molecule has 0 amide bonds. The van der Waals surface area contributed by atoms with E-state index < -0.39 is 5.97 Å². The van der Waals surface area contributed by atoms with Crippen LogP contribution in [0.3, 0.4) is 0 Å². The van der Waals surface area contributed by atoms with Gasteiger partial charge < -0.3 is 5.11 Å². The zero-order valence-electron chi connectivity index (χ0n) is 12.8. The Morgan fingerprint density at radius 3 is 2.24 bits per heavy atom. The first kappa shape index (κ1) is 20.0. The number of carbonyl (C=O) groups is 1. The summed E-state index contributed by atoms with van der Waals surface area (Å²) in [4.78, 5) is 12.1. The zero-order valence-corrected chi connectivity index (χ0v) is 14.4. The summed E-state index contributed by atoms with van der Waals surface area (Å²) in [7, 11) is 0. The van der Waals surface area contributed by atoms with Gasteiger partial charge in [0.05, 0.1) is 0 Å². The van der Waals surface area contributed by atoms with Crippen LogP contribution in [0.4, 0.5) is 0 Å². The molecular weight excluding hydrogens is 328 g/mol. The molecule has 0 aliphatic heterocycles. The Morgan fingerprint density at radius 1 is 0.952 bits per heavy atom. The Balaban J connectivity index is 3.17. The van der Waals surface area contributed by atoms with Crippen molar-refractivity contribution in [1.82, 2.24) is 0 Å². The number of rotatable bonds is 12. The molecule has 0 unspecified atom stereocenters. The van der Waals surface area contributed by atoms with Crippen LogP contribution < -0.4 is 0 Å².